The highest BCUT2D eigenvalue weighted by Gasteiger charge is 2.44. The van der Waals surface area contributed by atoms with Crippen LogP contribution in [0.5, 0.6) is 11.5 Å². The lowest BCUT2D eigenvalue weighted by molar-refractivity contribution is -0.120. The van der Waals surface area contributed by atoms with Crippen LogP contribution in [0, 0.1) is 5.82 Å². The maximum atomic E-state index is 13.1. The zero-order valence-electron chi connectivity index (χ0n) is 14.5. The van der Waals surface area contributed by atoms with Gasteiger partial charge in [-0.3, -0.25) is 4.79 Å². The quantitative estimate of drug-likeness (QED) is 0.840. The highest BCUT2D eigenvalue weighted by molar-refractivity contribution is 5.79. The fourth-order valence-corrected chi connectivity index (χ4v) is 3.05. The van der Waals surface area contributed by atoms with Crippen LogP contribution in [0.25, 0.3) is 0 Å². The minimum Gasteiger partial charge on any atom is -0.497 e. The summed E-state index contributed by atoms with van der Waals surface area (Å²) in [4.78, 5) is 12.4. The molecule has 1 N–H and O–H groups in total. The predicted molar refractivity (Wildman–Crippen MR) is 93.6 cm³/mol. The van der Waals surface area contributed by atoms with Crippen LogP contribution in [-0.4, -0.2) is 26.7 Å². The van der Waals surface area contributed by atoms with Crippen LogP contribution in [0.2, 0.25) is 0 Å². The Morgan fingerprint density at radius 3 is 2.44 bits per heavy atom. The number of nitrogens with one attached hydrogen (secondary N) is 1. The first-order chi connectivity index (χ1) is 12.1. The summed E-state index contributed by atoms with van der Waals surface area (Å²) in [6, 6.07) is 12.0. The Morgan fingerprint density at radius 1 is 1.12 bits per heavy atom. The van der Waals surface area contributed by atoms with Crippen molar-refractivity contribution in [3.8, 4) is 11.5 Å². The summed E-state index contributed by atoms with van der Waals surface area (Å²) in [5, 5.41) is 3.01. The number of amides is 1. The molecule has 1 amide bonds. The largest absolute Gasteiger partial charge is 0.497 e. The van der Waals surface area contributed by atoms with E-state index in [0.717, 1.165) is 24.0 Å². The predicted octanol–water partition coefficient (Wildman–Crippen LogP) is 3.23. The first kappa shape index (κ1) is 17.3. The van der Waals surface area contributed by atoms with E-state index in [1.54, 1.807) is 38.5 Å². The second-order valence-electron chi connectivity index (χ2n) is 6.42. The van der Waals surface area contributed by atoms with E-state index in [2.05, 4.69) is 5.32 Å². The van der Waals surface area contributed by atoms with E-state index >= 15 is 0 Å². The molecule has 3 rings (SSSR count). The van der Waals surface area contributed by atoms with Crippen molar-refractivity contribution < 1.29 is 18.7 Å². The number of ether oxygens (including phenoxy) is 2. The van der Waals surface area contributed by atoms with Crippen molar-refractivity contribution in [3.05, 3.63) is 59.4 Å². The van der Waals surface area contributed by atoms with Gasteiger partial charge in [0.15, 0.2) is 0 Å². The van der Waals surface area contributed by atoms with Gasteiger partial charge in [0.05, 0.1) is 20.6 Å². The van der Waals surface area contributed by atoms with E-state index in [0.29, 0.717) is 18.0 Å². The molecule has 0 unspecified atom stereocenters. The van der Waals surface area contributed by atoms with Gasteiger partial charge >= 0.3 is 0 Å². The van der Waals surface area contributed by atoms with E-state index in [9.17, 15) is 9.18 Å². The molecule has 1 aliphatic carbocycles. The van der Waals surface area contributed by atoms with E-state index in [1.165, 1.54) is 12.1 Å². The average Bonchev–Trinajstić information content (AvgIpc) is 3.41. The molecule has 0 saturated heterocycles. The Balaban J connectivity index is 1.63. The van der Waals surface area contributed by atoms with Gasteiger partial charge in [0, 0.05) is 17.5 Å². The van der Waals surface area contributed by atoms with Crippen molar-refractivity contribution in [3.63, 3.8) is 0 Å². The second kappa shape index (κ2) is 7.13. The van der Waals surface area contributed by atoms with E-state index in [1.807, 2.05) is 6.07 Å². The minimum atomic E-state index is -0.242. The van der Waals surface area contributed by atoms with Crippen molar-refractivity contribution in [1.29, 1.82) is 0 Å². The van der Waals surface area contributed by atoms with Gasteiger partial charge in [0.25, 0.3) is 0 Å². The van der Waals surface area contributed by atoms with Gasteiger partial charge in [0.2, 0.25) is 5.91 Å². The zero-order chi connectivity index (χ0) is 17.9. The van der Waals surface area contributed by atoms with Crippen molar-refractivity contribution in [2.75, 3.05) is 20.8 Å². The summed E-state index contributed by atoms with van der Waals surface area (Å²) in [6.07, 6.45) is 2.22. The first-order valence-electron chi connectivity index (χ1n) is 8.30. The molecule has 1 saturated carbocycles. The maximum Gasteiger partial charge on any atom is 0.224 e. The molecule has 2 aromatic rings. The zero-order valence-corrected chi connectivity index (χ0v) is 14.5. The monoisotopic (exact) mass is 343 g/mol. The Morgan fingerprint density at radius 2 is 1.84 bits per heavy atom. The molecule has 0 atom stereocenters. The fourth-order valence-electron chi connectivity index (χ4n) is 3.05. The highest BCUT2D eigenvalue weighted by Crippen LogP contribution is 2.47. The van der Waals surface area contributed by atoms with Crippen molar-refractivity contribution in [2.24, 2.45) is 0 Å². The summed E-state index contributed by atoms with van der Waals surface area (Å²) >= 11 is 0. The summed E-state index contributed by atoms with van der Waals surface area (Å²) in [6.45, 7) is 0.559. The number of benzene rings is 2. The van der Waals surface area contributed by atoms with E-state index in [4.69, 9.17) is 9.47 Å². The maximum absolute atomic E-state index is 13.1. The Kier molecular flexibility index (Phi) is 4.93. The van der Waals surface area contributed by atoms with Gasteiger partial charge in [-0.25, -0.2) is 4.39 Å². The summed E-state index contributed by atoms with van der Waals surface area (Å²) in [5.74, 6) is 1.04. The van der Waals surface area contributed by atoms with Gasteiger partial charge < -0.3 is 14.8 Å². The van der Waals surface area contributed by atoms with Crippen molar-refractivity contribution in [1.82, 2.24) is 5.32 Å². The van der Waals surface area contributed by atoms with E-state index < -0.39 is 0 Å². The molecule has 0 bridgehead atoms. The third kappa shape index (κ3) is 3.92. The molecule has 1 fully saturated rings. The molecular weight excluding hydrogens is 321 g/mol. The lowest BCUT2D eigenvalue weighted by atomic mass is 9.96. The number of carbonyl (C=O) groups excluding carboxylic acids is 1. The molecule has 2 aromatic carbocycles. The summed E-state index contributed by atoms with van der Waals surface area (Å²) in [5.41, 5.74) is 1.81. The molecule has 132 valence electrons. The third-order valence-corrected chi connectivity index (χ3v) is 4.77. The normalized spacial score (nSPS) is 14.7. The number of halogens is 1. The molecular formula is C20H22FNO3. The summed E-state index contributed by atoms with van der Waals surface area (Å²) in [7, 11) is 3.17. The van der Waals surface area contributed by atoms with Gasteiger partial charge in [0.1, 0.15) is 17.3 Å². The van der Waals surface area contributed by atoms with Gasteiger partial charge in [-0.1, -0.05) is 12.1 Å². The molecule has 4 nitrogen and oxygen atoms in total. The summed E-state index contributed by atoms with van der Waals surface area (Å²) < 4.78 is 23.6. The SMILES string of the molecule is COc1ccc(OC)c(CC(=O)NCC2(c3ccc(F)cc3)CC2)c1. The lowest BCUT2D eigenvalue weighted by Crippen LogP contribution is -2.33. The fraction of sp³-hybridized carbons (Fsp3) is 0.350. The topological polar surface area (TPSA) is 47.6 Å². The van der Waals surface area contributed by atoms with Gasteiger partial charge in [-0.2, -0.15) is 0 Å². The van der Waals surface area contributed by atoms with Crippen LogP contribution in [0.3, 0.4) is 0 Å². The molecule has 0 spiro atoms. The molecule has 1 aliphatic rings. The minimum absolute atomic E-state index is 0.0537. The first-order valence-corrected chi connectivity index (χ1v) is 8.30. The van der Waals surface area contributed by atoms with Gasteiger partial charge in [-0.15, -0.1) is 0 Å². The molecule has 0 aliphatic heterocycles. The van der Waals surface area contributed by atoms with Crippen molar-refractivity contribution >= 4 is 5.91 Å². The smallest absolute Gasteiger partial charge is 0.224 e. The number of carbonyl (C=O) groups is 1. The molecule has 25 heavy (non-hydrogen) atoms. The number of methoxy groups -OCH3 is 2. The van der Waals surface area contributed by atoms with Crippen molar-refractivity contribution in [2.45, 2.75) is 24.7 Å². The number of rotatable bonds is 7. The number of hydrogen-bond acceptors (Lipinski definition) is 3. The average molecular weight is 343 g/mol. The van der Waals surface area contributed by atoms with Crippen LogP contribution in [0.15, 0.2) is 42.5 Å². The van der Waals surface area contributed by atoms with Crippen LogP contribution >= 0.6 is 0 Å². The highest BCUT2D eigenvalue weighted by atomic mass is 19.1. The van der Waals surface area contributed by atoms with Crippen LogP contribution < -0.4 is 14.8 Å². The lowest BCUT2D eigenvalue weighted by Gasteiger charge is -2.17. The Bertz CT molecular complexity index is 754. The van der Waals surface area contributed by atoms with Crippen LogP contribution in [0.4, 0.5) is 4.39 Å². The van der Waals surface area contributed by atoms with E-state index in [-0.39, 0.29) is 23.6 Å². The third-order valence-electron chi connectivity index (χ3n) is 4.77. The second-order valence-corrected chi connectivity index (χ2v) is 6.42. The van der Waals surface area contributed by atoms with Gasteiger partial charge in [-0.05, 0) is 48.7 Å². The standard InChI is InChI=1S/C20H22FNO3/c1-24-17-7-8-18(25-2)14(11-17)12-19(23)22-13-20(9-10-20)15-3-5-16(21)6-4-15/h3-8,11H,9-10,12-13H2,1-2H3,(H,22,23). The van der Waals surface area contributed by atoms with Crippen LogP contribution in [-0.2, 0) is 16.6 Å². The number of hydrogen-bond donors (Lipinski definition) is 1. The molecule has 0 heterocycles. The Hall–Kier alpha value is -2.56. The molecule has 0 aromatic heterocycles. The van der Waals surface area contributed by atoms with Crippen LogP contribution in [0.1, 0.15) is 24.0 Å². The molecule has 0 radical (unpaired) electrons. The Labute approximate surface area is 147 Å². The molecule has 5 heteroatoms.